The number of nitrogens with one attached hydrogen (secondary N) is 1. The molecule has 1 amide bonds. The van der Waals surface area contributed by atoms with E-state index >= 15 is 0 Å². The molecule has 0 saturated carbocycles. The van der Waals surface area contributed by atoms with Crippen LogP contribution in [0.15, 0.2) is 36.5 Å². The van der Waals surface area contributed by atoms with E-state index in [0.29, 0.717) is 23.9 Å². The second-order valence-corrected chi connectivity index (χ2v) is 25.4. The maximum absolute atomic E-state index is 13.5. The van der Waals surface area contributed by atoms with E-state index in [0.717, 1.165) is 83.5 Å². The predicted molar refractivity (Wildman–Crippen MR) is 332 cm³/mol. The largest absolute Gasteiger partial charge is 0.472 e. The molecule has 0 aromatic heterocycles. The van der Waals surface area contributed by atoms with Gasteiger partial charge in [-0.15, -0.1) is 0 Å². The Bertz CT molecular complexity index is 1410. The fraction of sp³-hybridized carbons (Fsp3) is 0.881. The van der Waals surface area contributed by atoms with Crippen LogP contribution in [0.25, 0.3) is 0 Å². The third-order valence-electron chi connectivity index (χ3n) is 15.1. The Morgan fingerprint density at radius 1 is 0.468 bits per heavy atom. The van der Waals surface area contributed by atoms with Crippen molar-refractivity contribution in [3.8, 4) is 0 Å². The molecule has 2 N–H and O–H groups in total. The first-order chi connectivity index (χ1) is 37.4. The number of nitrogens with zero attached hydrogens (tertiary/aromatic N) is 1. The lowest BCUT2D eigenvalue weighted by atomic mass is 10.0. The van der Waals surface area contributed by atoms with Crippen molar-refractivity contribution in [3.05, 3.63) is 36.5 Å². The molecule has 9 nitrogen and oxygen atoms in total. The van der Waals surface area contributed by atoms with E-state index in [1.807, 2.05) is 33.3 Å². The summed E-state index contributed by atoms with van der Waals surface area (Å²) in [5.41, 5.74) is 0. The molecule has 0 aliphatic rings. The van der Waals surface area contributed by atoms with Crippen LogP contribution in [0.4, 0.5) is 0 Å². The van der Waals surface area contributed by atoms with Gasteiger partial charge in [-0.3, -0.25) is 18.6 Å². The third kappa shape index (κ3) is 58.7. The highest BCUT2D eigenvalue weighted by Gasteiger charge is 2.30. The Balaban J connectivity index is 5.03. The number of unbranched alkanes of at least 4 members (excludes halogenated alkanes) is 41. The van der Waals surface area contributed by atoms with Crippen molar-refractivity contribution in [2.75, 3.05) is 40.9 Å². The van der Waals surface area contributed by atoms with Crippen LogP contribution < -0.4 is 5.32 Å². The summed E-state index contributed by atoms with van der Waals surface area (Å²) >= 11 is 0. The maximum Gasteiger partial charge on any atom is 0.472 e. The Kier molecular flexibility index (Phi) is 56.1. The van der Waals surface area contributed by atoms with Crippen LogP contribution in [0.3, 0.4) is 0 Å². The summed E-state index contributed by atoms with van der Waals surface area (Å²) < 4.78 is 30.7. The molecule has 0 radical (unpaired) electrons. The van der Waals surface area contributed by atoms with E-state index < -0.39 is 20.0 Å². The first-order valence-electron chi connectivity index (χ1n) is 33.3. The molecule has 10 heteroatoms. The van der Waals surface area contributed by atoms with Gasteiger partial charge in [0, 0.05) is 12.8 Å². The van der Waals surface area contributed by atoms with Crippen LogP contribution in [0.2, 0.25) is 0 Å². The number of quaternary nitrogens is 1. The average Bonchev–Trinajstić information content (AvgIpc) is 3.39. The summed E-state index contributed by atoms with van der Waals surface area (Å²) in [5.74, 6) is -0.499. The molecule has 0 heterocycles. The van der Waals surface area contributed by atoms with Gasteiger partial charge in [-0.1, -0.05) is 295 Å². The van der Waals surface area contributed by atoms with Crippen LogP contribution in [0.1, 0.15) is 329 Å². The van der Waals surface area contributed by atoms with Crippen molar-refractivity contribution in [1.82, 2.24) is 5.32 Å². The van der Waals surface area contributed by atoms with E-state index in [1.165, 1.54) is 212 Å². The molecule has 0 bridgehead atoms. The minimum Gasteiger partial charge on any atom is -0.456 e. The fourth-order valence-electron chi connectivity index (χ4n) is 9.98. The molecule has 0 aromatic carbocycles. The van der Waals surface area contributed by atoms with E-state index in [9.17, 15) is 19.0 Å². The van der Waals surface area contributed by atoms with Crippen LogP contribution in [0.5, 0.6) is 0 Å². The van der Waals surface area contributed by atoms with Crippen molar-refractivity contribution < 1.29 is 37.3 Å². The fourth-order valence-corrected chi connectivity index (χ4v) is 10.7. The summed E-state index contributed by atoms with van der Waals surface area (Å²) in [6.07, 6.45) is 70.2. The van der Waals surface area contributed by atoms with E-state index in [1.54, 1.807) is 0 Å². The zero-order valence-corrected chi connectivity index (χ0v) is 52.9. The highest BCUT2D eigenvalue weighted by molar-refractivity contribution is 7.47. The second-order valence-electron chi connectivity index (χ2n) is 24.0. The normalized spacial score (nSPS) is 13.8. The lowest BCUT2D eigenvalue weighted by Crippen LogP contribution is -2.47. The summed E-state index contributed by atoms with van der Waals surface area (Å²) in [6.45, 7) is 6.94. The number of allylic oxidation sites excluding steroid dienone is 5. The van der Waals surface area contributed by atoms with Crippen molar-refractivity contribution in [3.63, 3.8) is 0 Å². The quantitative estimate of drug-likeness (QED) is 0.0205. The Morgan fingerprint density at radius 3 is 1.23 bits per heavy atom. The van der Waals surface area contributed by atoms with Gasteiger partial charge in [0.2, 0.25) is 5.91 Å². The topological polar surface area (TPSA) is 111 Å². The van der Waals surface area contributed by atoms with Gasteiger partial charge in [0.05, 0.1) is 33.8 Å². The Labute approximate surface area is 478 Å². The Hall–Kier alpha value is -1.77. The van der Waals surface area contributed by atoms with Crippen LogP contribution in [-0.4, -0.2) is 74.3 Å². The maximum atomic E-state index is 13.5. The summed E-state index contributed by atoms with van der Waals surface area (Å²) in [5, 5.41) is 3.06. The van der Waals surface area contributed by atoms with E-state index in [2.05, 4.69) is 50.4 Å². The molecule has 0 saturated heterocycles. The van der Waals surface area contributed by atoms with Crippen LogP contribution >= 0.6 is 7.82 Å². The molecule has 454 valence electrons. The minimum atomic E-state index is -4.45. The number of likely N-dealkylation sites (N-methyl/N-ethyl adjacent to an activating group) is 1. The third-order valence-corrected chi connectivity index (χ3v) is 16.1. The summed E-state index contributed by atoms with van der Waals surface area (Å²) in [6, 6.07) is -0.848. The van der Waals surface area contributed by atoms with Gasteiger partial charge >= 0.3 is 13.8 Å². The SMILES string of the molecule is CC/C=C/C/C=C/CCCCCCCCCC(=O)NC(COP(=O)(O)OCC[N+](C)(C)C)C(/C=C\CCCCCCCCCCCC)OC(=O)CCCCCCCCCCCCCCCCCCCCCCCCCCC. The standard InChI is InChI=1S/C67H129N2O7P/c1-7-10-13-16-19-22-25-28-30-31-32-33-34-35-36-37-38-39-40-42-45-48-51-54-57-60-67(71)76-65(58-55-52-49-46-43-27-24-21-18-15-12-9-3)64(63-75-77(72,73)74-62-61-69(4,5)6)68-66(70)59-56-53-50-47-44-41-29-26-23-20-17-14-11-8-2/h11,14,20,23,55,58,64-65H,7-10,12-13,15-19,21-22,24-54,56-57,59-63H2,1-6H3,(H-,68,70,72,73)/p+1/b14-11+,23-20+,58-55-. The number of rotatable bonds is 61. The smallest absolute Gasteiger partial charge is 0.456 e. The van der Waals surface area contributed by atoms with Gasteiger partial charge in [0.15, 0.2) is 0 Å². The molecule has 0 aliphatic carbocycles. The number of hydrogen-bond donors (Lipinski definition) is 2. The highest BCUT2D eigenvalue weighted by atomic mass is 31.2. The average molecular weight is 1110 g/mol. The number of hydrogen-bond acceptors (Lipinski definition) is 6. The second kappa shape index (κ2) is 57.5. The molecule has 0 fully saturated rings. The van der Waals surface area contributed by atoms with E-state index in [-0.39, 0.29) is 25.1 Å². The molecular weight excluding hydrogens is 976 g/mol. The van der Waals surface area contributed by atoms with Gasteiger partial charge in [0.1, 0.15) is 19.3 Å². The number of phosphoric acid groups is 1. The number of esters is 1. The molecule has 3 unspecified atom stereocenters. The number of carbonyl (C=O) groups excluding carboxylic acids is 2. The predicted octanol–water partition coefficient (Wildman–Crippen LogP) is 20.7. The minimum absolute atomic E-state index is 0.0408. The monoisotopic (exact) mass is 1110 g/mol. The molecule has 3 atom stereocenters. The first kappa shape index (κ1) is 75.2. The lowest BCUT2D eigenvalue weighted by molar-refractivity contribution is -0.870. The van der Waals surface area contributed by atoms with Gasteiger partial charge in [0.25, 0.3) is 0 Å². The number of amides is 1. The van der Waals surface area contributed by atoms with Gasteiger partial charge < -0.3 is 19.4 Å². The van der Waals surface area contributed by atoms with Crippen LogP contribution in [0, 0.1) is 0 Å². The number of carbonyl (C=O) groups is 2. The summed E-state index contributed by atoms with van der Waals surface area (Å²) in [4.78, 5) is 37.7. The molecule has 0 aliphatic heterocycles. The van der Waals surface area contributed by atoms with Gasteiger partial charge in [-0.25, -0.2) is 4.57 Å². The molecular formula is C67H130N2O7P+. The number of ether oxygens (including phenoxy) is 1. The van der Waals surface area contributed by atoms with Gasteiger partial charge in [-0.05, 0) is 57.4 Å². The Morgan fingerprint density at radius 2 is 0.831 bits per heavy atom. The van der Waals surface area contributed by atoms with Crippen molar-refractivity contribution in [2.24, 2.45) is 0 Å². The molecule has 77 heavy (non-hydrogen) atoms. The molecule has 0 rings (SSSR count). The first-order valence-corrected chi connectivity index (χ1v) is 34.8. The zero-order chi connectivity index (χ0) is 56.4. The van der Waals surface area contributed by atoms with E-state index in [4.69, 9.17) is 13.8 Å². The van der Waals surface area contributed by atoms with Gasteiger partial charge in [-0.2, -0.15) is 0 Å². The zero-order valence-electron chi connectivity index (χ0n) is 52.0. The van der Waals surface area contributed by atoms with Crippen molar-refractivity contribution >= 4 is 19.7 Å². The lowest BCUT2D eigenvalue weighted by Gasteiger charge is -2.27. The summed E-state index contributed by atoms with van der Waals surface area (Å²) in [7, 11) is 1.50. The van der Waals surface area contributed by atoms with Crippen LogP contribution in [-0.2, 0) is 27.9 Å². The molecule has 0 aromatic rings. The molecule has 0 spiro atoms. The number of phosphoric ester groups is 1. The highest BCUT2D eigenvalue weighted by Crippen LogP contribution is 2.43. The van der Waals surface area contributed by atoms with Crippen molar-refractivity contribution in [2.45, 2.75) is 341 Å². The van der Waals surface area contributed by atoms with Crippen molar-refractivity contribution in [1.29, 1.82) is 0 Å².